The first-order valence-corrected chi connectivity index (χ1v) is 7.81. The third-order valence-corrected chi connectivity index (χ3v) is 4.51. The average molecular weight is 297 g/mol. The van der Waals surface area contributed by atoms with Crippen LogP contribution in [0.1, 0.15) is 37.8 Å². The molecule has 1 aliphatic rings. The van der Waals surface area contributed by atoms with Gasteiger partial charge in [0, 0.05) is 37.3 Å². The van der Waals surface area contributed by atoms with Gasteiger partial charge in [-0.2, -0.15) is 0 Å². The molecule has 1 saturated heterocycles. The normalized spacial score (nSPS) is 20.8. The van der Waals surface area contributed by atoms with Gasteiger partial charge in [-0.15, -0.1) is 0 Å². The summed E-state index contributed by atoms with van der Waals surface area (Å²) in [4.78, 5) is 2.48. The molecule has 1 aromatic rings. The number of benzene rings is 1. The lowest BCUT2D eigenvalue weighted by atomic mass is 9.94. The SMILES string of the molecule is CCC(N)C(c1cccc(Cl)c1)N1CCC(OC)CC1. The summed E-state index contributed by atoms with van der Waals surface area (Å²) < 4.78 is 5.45. The second-order valence-corrected chi connectivity index (χ2v) is 5.98. The number of ether oxygens (including phenoxy) is 1. The molecule has 0 radical (unpaired) electrons. The van der Waals surface area contributed by atoms with Crippen LogP contribution in [0.15, 0.2) is 24.3 Å². The molecule has 1 fully saturated rings. The minimum Gasteiger partial charge on any atom is -0.381 e. The summed E-state index contributed by atoms with van der Waals surface area (Å²) in [6.07, 6.45) is 3.50. The molecule has 0 aliphatic carbocycles. The Morgan fingerprint density at radius 3 is 2.65 bits per heavy atom. The number of nitrogens with two attached hydrogens (primary N) is 1. The Hall–Kier alpha value is -0.610. The number of piperidine rings is 1. The van der Waals surface area contributed by atoms with E-state index in [2.05, 4.69) is 17.9 Å². The van der Waals surface area contributed by atoms with Gasteiger partial charge < -0.3 is 10.5 Å². The van der Waals surface area contributed by atoms with Gasteiger partial charge in [-0.1, -0.05) is 30.7 Å². The highest BCUT2D eigenvalue weighted by atomic mass is 35.5. The Balaban J connectivity index is 2.16. The van der Waals surface area contributed by atoms with E-state index in [1.54, 1.807) is 7.11 Å². The van der Waals surface area contributed by atoms with E-state index < -0.39 is 0 Å². The molecule has 0 bridgehead atoms. The number of rotatable bonds is 5. The van der Waals surface area contributed by atoms with Crippen molar-refractivity contribution in [1.82, 2.24) is 4.90 Å². The Morgan fingerprint density at radius 1 is 1.40 bits per heavy atom. The Bertz CT molecular complexity index is 419. The van der Waals surface area contributed by atoms with E-state index in [0.717, 1.165) is 37.4 Å². The van der Waals surface area contributed by atoms with Crippen molar-refractivity contribution in [3.8, 4) is 0 Å². The van der Waals surface area contributed by atoms with Crippen LogP contribution >= 0.6 is 11.6 Å². The van der Waals surface area contributed by atoms with Gasteiger partial charge in [-0.3, -0.25) is 4.90 Å². The highest BCUT2D eigenvalue weighted by molar-refractivity contribution is 6.30. The van der Waals surface area contributed by atoms with Gasteiger partial charge in [0.2, 0.25) is 0 Å². The third-order valence-electron chi connectivity index (χ3n) is 4.27. The summed E-state index contributed by atoms with van der Waals surface area (Å²) in [7, 11) is 1.80. The summed E-state index contributed by atoms with van der Waals surface area (Å²) >= 11 is 6.14. The second-order valence-electron chi connectivity index (χ2n) is 5.54. The van der Waals surface area contributed by atoms with Gasteiger partial charge in [-0.25, -0.2) is 0 Å². The van der Waals surface area contributed by atoms with Crippen molar-refractivity contribution >= 4 is 11.6 Å². The zero-order valence-corrected chi connectivity index (χ0v) is 13.1. The molecule has 20 heavy (non-hydrogen) atoms. The Kier molecular flexibility index (Phi) is 5.85. The lowest BCUT2D eigenvalue weighted by Crippen LogP contribution is -2.45. The quantitative estimate of drug-likeness (QED) is 0.906. The van der Waals surface area contributed by atoms with Crippen molar-refractivity contribution in [3.63, 3.8) is 0 Å². The standard InChI is InChI=1S/C16H25ClN2O/c1-3-15(18)16(12-5-4-6-13(17)11-12)19-9-7-14(20-2)8-10-19/h4-6,11,14-16H,3,7-10,18H2,1-2H3. The van der Waals surface area contributed by atoms with Crippen LogP contribution in [0.3, 0.4) is 0 Å². The van der Waals surface area contributed by atoms with E-state index >= 15 is 0 Å². The number of nitrogens with zero attached hydrogens (tertiary/aromatic N) is 1. The lowest BCUT2D eigenvalue weighted by molar-refractivity contribution is 0.0222. The van der Waals surface area contributed by atoms with Crippen LogP contribution < -0.4 is 5.73 Å². The molecule has 0 saturated carbocycles. The third kappa shape index (κ3) is 3.73. The van der Waals surface area contributed by atoms with Crippen molar-refractivity contribution in [2.45, 2.75) is 44.4 Å². The molecule has 1 aromatic carbocycles. The van der Waals surface area contributed by atoms with E-state index in [9.17, 15) is 0 Å². The zero-order chi connectivity index (χ0) is 14.5. The first-order chi connectivity index (χ1) is 9.65. The summed E-state index contributed by atoms with van der Waals surface area (Å²) in [5, 5.41) is 0.780. The van der Waals surface area contributed by atoms with E-state index in [1.807, 2.05) is 18.2 Å². The predicted molar refractivity (Wildman–Crippen MR) is 84.1 cm³/mol. The molecule has 1 aliphatic heterocycles. The second kappa shape index (κ2) is 7.41. The van der Waals surface area contributed by atoms with Gasteiger partial charge >= 0.3 is 0 Å². The molecular formula is C16H25ClN2O. The molecule has 112 valence electrons. The summed E-state index contributed by atoms with van der Waals surface area (Å²) in [6.45, 7) is 4.21. The summed E-state index contributed by atoms with van der Waals surface area (Å²) in [6, 6.07) is 8.48. The molecule has 0 aromatic heterocycles. The number of halogens is 1. The molecule has 3 nitrogen and oxygen atoms in total. The number of methoxy groups -OCH3 is 1. The highest BCUT2D eigenvalue weighted by Crippen LogP contribution is 2.30. The molecule has 4 heteroatoms. The first kappa shape index (κ1) is 15.8. The van der Waals surface area contributed by atoms with E-state index in [4.69, 9.17) is 22.1 Å². The fraction of sp³-hybridized carbons (Fsp3) is 0.625. The molecule has 2 unspecified atom stereocenters. The van der Waals surface area contributed by atoms with Gasteiger partial charge in [0.15, 0.2) is 0 Å². The maximum absolute atomic E-state index is 6.38. The Labute approximate surface area is 127 Å². The Morgan fingerprint density at radius 2 is 2.10 bits per heavy atom. The van der Waals surface area contributed by atoms with Crippen molar-refractivity contribution in [3.05, 3.63) is 34.9 Å². The van der Waals surface area contributed by atoms with Crippen LogP contribution in [0, 0.1) is 0 Å². The number of hydrogen-bond donors (Lipinski definition) is 1. The number of likely N-dealkylation sites (tertiary alicyclic amines) is 1. The first-order valence-electron chi connectivity index (χ1n) is 7.43. The van der Waals surface area contributed by atoms with Gasteiger partial charge in [0.1, 0.15) is 0 Å². The lowest BCUT2D eigenvalue weighted by Gasteiger charge is -2.40. The summed E-state index contributed by atoms with van der Waals surface area (Å²) in [5.41, 5.74) is 7.61. The molecular weight excluding hydrogens is 272 g/mol. The molecule has 0 amide bonds. The highest BCUT2D eigenvalue weighted by Gasteiger charge is 2.29. The minimum atomic E-state index is 0.132. The van der Waals surface area contributed by atoms with Crippen molar-refractivity contribution in [2.75, 3.05) is 20.2 Å². The van der Waals surface area contributed by atoms with E-state index in [1.165, 1.54) is 5.56 Å². The topological polar surface area (TPSA) is 38.5 Å². The van der Waals surface area contributed by atoms with E-state index in [0.29, 0.717) is 6.10 Å². The maximum atomic E-state index is 6.38. The zero-order valence-electron chi connectivity index (χ0n) is 12.4. The molecule has 1 heterocycles. The molecule has 2 N–H and O–H groups in total. The van der Waals surface area contributed by atoms with Gasteiger partial charge in [0.05, 0.1) is 6.10 Å². The van der Waals surface area contributed by atoms with Crippen molar-refractivity contribution in [2.24, 2.45) is 5.73 Å². The van der Waals surface area contributed by atoms with E-state index in [-0.39, 0.29) is 12.1 Å². The monoisotopic (exact) mass is 296 g/mol. The van der Waals surface area contributed by atoms with Crippen LogP contribution in [0.2, 0.25) is 5.02 Å². The van der Waals surface area contributed by atoms with Crippen molar-refractivity contribution < 1.29 is 4.74 Å². The fourth-order valence-corrected chi connectivity index (χ4v) is 3.23. The molecule has 0 spiro atoms. The van der Waals surface area contributed by atoms with Crippen LogP contribution in [0.25, 0.3) is 0 Å². The van der Waals surface area contributed by atoms with Gasteiger partial charge in [-0.05, 0) is 37.0 Å². The van der Waals surface area contributed by atoms with Crippen LogP contribution in [-0.4, -0.2) is 37.2 Å². The maximum Gasteiger partial charge on any atom is 0.0595 e. The average Bonchev–Trinajstić information content (AvgIpc) is 2.48. The molecule has 2 rings (SSSR count). The van der Waals surface area contributed by atoms with Crippen molar-refractivity contribution in [1.29, 1.82) is 0 Å². The van der Waals surface area contributed by atoms with Crippen LogP contribution in [0.4, 0.5) is 0 Å². The molecule has 2 atom stereocenters. The smallest absolute Gasteiger partial charge is 0.0595 e. The fourth-order valence-electron chi connectivity index (χ4n) is 3.03. The minimum absolute atomic E-state index is 0.132. The predicted octanol–water partition coefficient (Wildman–Crippen LogP) is 3.23. The van der Waals surface area contributed by atoms with Gasteiger partial charge in [0.25, 0.3) is 0 Å². The van der Waals surface area contributed by atoms with Crippen LogP contribution in [0.5, 0.6) is 0 Å². The largest absolute Gasteiger partial charge is 0.381 e. The van der Waals surface area contributed by atoms with Crippen LogP contribution in [-0.2, 0) is 4.74 Å². The summed E-state index contributed by atoms with van der Waals surface area (Å²) in [5.74, 6) is 0. The number of hydrogen-bond acceptors (Lipinski definition) is 3.